The van der Waals surface area contributed by atoms with Crippen LogP contribution >= 0.6 is 11.6 Å². The van der Waals surface area contributed by atoms with Crippen LogP contribution in [0.25, 0.3) is 0 Å². The van der Waals surface area contributed by atoms with Crippen molar-refractivity contribution in [2.45, 2.75) is 19.4 Å². The molecule has 2 aliphatic heterocycles. The molecule has 30 heavy (non-hydrogen) atoms. The van der Waals surface area contributed by atoms with E-state index in [4.69, 9.17) is 11.6 Å². The first-order valence-corrected chi connectivity index (χ1v) is 11.3. The van der Waals surface area contributed by atoms with Gasteiger partial charge in [-0.05, 0) is 62.3 Å². The van der Waals surface area contributed by atoms with Gasteiger partial charge in [-0.15, -0.1) is 0 Å². The first-order chi connectivity index (χ1) is 14.6. The maximum Gasteiger partial charge on any atom is 0.228 e. The van der Waals surface area contributed by atoms with E-state index in [9.17, 15) is 4.79 Å². The summed E-state index contributed by atoms with van der Waals surface area (Å²) in [4.78, 5) is 20.0. The van der Waals surface area contributed by atoms with Crippen molar-refractivity contribution < 1.29 is 4.79 Å². The van der Waals surface area contributed by atoms with Gasteiger partial charge in [0.25, 0.3) is 0 Å². The Hall–Kier alpha value is -2.08. The minimum atomic E-state index is 0.0125. The number of halogens is 1. The quantitative estimate of drug-likeness (QED) is 0.785. The van der Waals surface area contributed by atoms with Gasteiger partial charge in [-0.3, -0.25) is 9.69 Å². The Labute approximate surface area is 184 Å². The second-order valence-corrected chi connectivity index (χ2v) is 8.90. The van der Waals surface area contributed by atoms with Crippen LogP contribution in [0, 0.1) is 5.92 Å². The van der Waals surface area contributed by atoms with Crippen LogP contribution in [-0.2, 0) is 11.3 Å². The molecule has 0 spiro atoms. The molecule has 0 bridgehead atoms. The van der Waals surface area contributed by atoms with Crippen molar-refractivity contribution in [1.82, 2.24) is 9.80 Å². The van der Waals surface area contributed by atoms with Crippen molar-refractivity contribution in [2.75, 3.05) is 56.5 Å². The smallest absolute Gasteiger partial charge is 0.228 e. The van der Waals surface area contributed by atoms with Gasteiger partial charge in [0.1, 0.15) is 0 Å². The number of carbonyl (C=O) groups excluding carboxylic acids is 1. The predicted octanol–water partition coefficient (Wildman–Crippen LogP) is 3.94. The molecule has 2 saturated heterocycles. The Morgan fingerprint density at radius 3 is 2.50 bits per heavy atom. The fourth-order valence-corrected chi connectivity index (χ4v) is 4.54. The van der Waals surface area contributed by atoms with Gasteiger partial charge in [-0.1, -0.05) is 29.8 Å². The molecular formula is C24H31ClN4O. The molecule has 0 radical (unpaired) electrons. The zero-order valence-electron chi connectivity index (χ0n) is 17.7. The summed E-state index contributed by atoms with van der Waals surface area (Å²) in [7, 11) is 2.16. The van der Waals surface area contributed by atoms with E-state index < -0.39 is 0 Å². The third-order valence-electron chi connectivity index (χ3n) is 6.23. The van der Waals surface area contributed by atoms with Crippen molar-refractivity contribution in [1.29, 1.82) is 0 Å². The summed E-state index contributed by atoms with van der Waals surface area (Å²) in [6, 6.07) is 16.2. The lowest BCUT2D eigenvalue weighted by molar-refractivity contribution is -0.121. The molecule has 160 valence electrons. The lowest BCUT2D eigenvalue weighted by Gasteiger charge is -2.34. The van der Waals surface area contributed by atoms with E-state index in [-0.39, 0.29) is 11.8 Å². The lowest BCUT2D eigenvalue weighted by Crippen LogP contribution is -2.44. The van der Waals surface area contributed by atoms with E-state index in [1.165, 1.54) is 5.69 Å². The van der Waals surface area contributed by atoms with E-state index in [0.29, 0.717) is 0 Å². The van der Waals surface area contributed by atoms with Gasteiger partial charge in [0.15, 0.2) is 0 Å². The zero-order chi connectivity index (χ0) is 20.9. The highest BCUT2D eigenvalue weighted by Crippen LogP contribution is 2.24. The largest absolute Gasteiger partial charge is 0.369 e. The monoisotopic (exact) mass is 426 g/mol. The minimum absolute atomic E-state index is 0.0125. The van der Waals surface area contributed by atoms with Gasteiger partial charge in [0.2, 0.25) is 5.91 Å². The van der Waals surface area contributed by atoms with Gasteiger partial charge >= 0.3 is 0 Å². The number of carbonyl (C=O) groups is 1. The first-order valence-electron chi connectivity index (χ1n) is 10.9. The fourth-order valence-electron chi connectivity index (χ4n) is 4.35. The number of hydrogen-bond donors (Lipinski definition) is 1. The van der Waals surface area contributed by atoms with Crippen LogP contribution in [0.4, 0.5) is 11.4 Å². The molecule has 2 aromatic carbocycles. The van der Waals surface area contributed by atoms with Gasteiger partial charge in [-0.25, -0.2) is 0 Å². The predicted molar refractivity (Wildman–Crippen MR) is 124 cm³/mol. The Bertz CT molecular complexity index is 849. The summed E-state index contributed by atoms with van der Waals surface area (Å²) in [6.45, 7) is 6.85. The van der Waals surface area contributed by atoms with Gasteiger partial charge in [-0.2, -0.15) is 0 Å². The average Bonchev–Trinajstić information content (AvgIpc) is 2.77. The number of anilines is 2. The lowest BCUT2D eigenvalue weighted by atomic mass is 9.96. The molecule has 1 N–H and O–H groups in total. The molecule has 1 atom stereocenters. The number of piperidine rings is 1. The SMILES string of the molecule is CN1CCN(c2ccc(NC(=O)[C@@H]3CCCN(Cc4ccccc4Cl)C3)cc2)CC1. The summed E-state index contributed by atoms with van der Waals surface area (Å²) >= 11 is 6.31. The van der Waals surface area contributed by atoms with Crippen LogP contribution in [0.3, 0.4) is 0 Å². The molecule has 6 heteroatoms. The second-order valence-electron chi connectivity index (χ2n) is 8.49. The standard InChI is InChI=1S/C24H31ClN4O/c1-27-13-15-29(16-14-27)22-10-8-21(9-11-22)26-24(30)20-6-4-12-28(18-20)17-19-5-2-3-7-23(19)25/h2-3,5,7-11,20H,4,6,12-18H2,1H3,(H,26,30)/t20-/m1/s1. The first kappa shape index (κ1) is 21.2. The summed E-state index contributed by atoms with van der Waals surface area (Å²) in [6.07, 6.45) is 1.97. The number of hydrogen-bond acceptors (Lipinski definition) is 4. The Balaban J connectivity index is 1.31. The summed E-state index contributed by atoms with van der Waals surface area (Å²) < 4.78 is 0. The molecule has 2 fully saturated rings. The second kappa shape index (κ2) is 9.82. The third kappa shape index (κ3) is 5.34. The normalized spacial score (nSPS) is 20.9. The topological polar surface area (TPSA) is 38.8 Å². The Morgan fingerprint density at radius 1 is 1.03 bits per heavy atom. The van der Waals surface area contributed by atoms with E-state index >= 15 is 0 Å². The number of rotatable bonds is 5. The van der Waals surface area contributed by atoms with Gasteiger partial charge in [0, 0.05) is 55.7 Å². The van der Waals surface area contributed by atoms with Gasteiger partial charge in [0.05, 0.1) is 5.92 Å². The van der Waals surface area contributed by atoms with Crippen molar-refractivity contribution >= 4 is 28.9 Å². The third-order valence-corrected chi connectivity index (χ3v) is 6.60. The molecule has 0 aliphatic carbocycles. The van der Waals surface area contributed by atoms with E-state index in [1.807, 2.05) is 30.3 Å². The van der Waals surface area contributed by atoms with Crippen molar-refractivity contribution in [2.24, 2.45) is 5.92 Å². The van der Waals surface area contributed by atoms with Crippen LogP contribution in [-0.4, -0.2) is 62.0 Å². The molecule has 2 aliphatic rings. The average molecular weight is 427 g/mol. The number of likely N-dealkylation sites (N-methyl/N-ethyl adjacent to an activating group) is 1. The molecule has 0 unspecified atom stereocenters. The molecule has 2 aromatic rings. The molecule has 0 saturated carbocycles. The molecule has 0 aromatic heterocycles. The molecular weight excluding hydrogens is 396 g/mol. The van der Waals surface area contributed by atoms with Crippen molar-refractivity contribution in [3.05, 3.63) is 59.1 Å². The van der Waals surface area contributed by atoms with Crippen LogP contribution in [0.2, 0.25) is 5.02 Å². The van der Waals surface area contributed by atoms with Crippen molar-refractivity contribution in [3.63, 3.8) is 0 Å². The zero-order valence-corrected chi connectivity index (χ0v) is 18.4. The Morgan fingerprint density at radius 2 is 1.77 bits per heavy atom. The fraction of sp³-hybridized carbons (Fsp3) is 0.458. The summed E-state index contributed by atoms with van der Waals surface area (Å²) in [5.41, 5.74) is 3.23. The van der Waals surface area contributed by atoms with E-state index in [2.05, 4.69) is 45.3 Å². The van der Waals surface area contributed by atoms with Crippen LogP contribution in [0.15, 0.2) is 48.5 Å². The van der Waals surface area contributed by atoms with Gasteiger partial charge < -0.3 is 15.1 Å². The van der Waals surface area contributed by atoms with E-state index in [1.54, 1.807) is 0 Å². The highest BCUT2D eigenvalue weighted by atomic mass is 35.5. The number of piperazine rings is 1. The van der Waals surface area contributed by atoms with Crippen LogP contribution in [0.5, 0.6) is 0 Å². The summed E-state index contributed by atoms with van der Waals surface area (Å²) in [5.74, 6) is 0.129. The number of nitrogens with zero attached hydrogens (tertiary/aromatic N) is 3. The maximum atomic E-state index is 12.9. The molecule has 2 heterocycles. The summed E-state index contributed by atoms with van der Waals surface area (Å²) in [5, 5.41) is 3.92. The number of nitrogens with one attached hydrogen (secondary N) is 1. The molecule has 4 rings (SSSR count). The Kier molecular flexibility index (Phi) is 6.93. The highest BCUT2D eigenvalue weighted by molar-refractivity contribution is 6.31. The molecule has 1 amide bonds. The maximum absolute atomic E-state index is 12.9. The number of benzene rings is 2. The van der Waals surface area contributed by atoms with E-state index in [0.717, 1.165) is 74.9 Å². The minimum Gasteiger partial charge on any atom is -0.369 e. The molecule has 5 nitrogen and oxygen atoms in total. The number of likely N-dealkylation sites (tertiary alicyclic amines) is 1. The van der Waals surface area contributed by atoms with Crippen LogP contribution in [0.1, 0.15) is 18.4 Å². The number of amides is 1. The van der Waals surface area contributed by atoms with Crippen LogP contribution < -0.4 is 10.2 Å². The highest BCUT2D eigenvalue weighted by Gasteiger charge is 2.26. The van der Waals surface area contributed by atoms with Crippen molar-refractivity contribution in [3.8, 4) is 0 Å².